The third-order valence-electron chi connectivity index (χ3n) is 5.48. The molecule has 0 radical (unpaired) electrons. The monoisotopic (exact) mass is 476 g/mol. The van der Waals surface area contributed by atoms with Gasteiger partial charge in [0.2, 0.25) is 10.0 Å². The van der Waals surface area contributed by atoms with Gasteiger partial charge < -0.3 is 9.64 Å². The molecule has 0 spiro atoms. The van der Waals surface area contributed by atoms with Crippen LogP contribution in [0.2, 0.25) is 0 Å². The molecule has 8 nitrogen and oxygen atoms in total. The lowest BCUT2D eigenvalue weighted by atomic mass is 10.1. The second kappa shape index (κ2) is 8.78. The molecule has 1 atom stereocenters. The van der Waals surface area contributed by atoms with E-state index in [1.54, 1.807) is 12.1 Å². The number of benzene rings is 2. The third-order valence-corrected chi connectivity index (χ3v) is 8.77. The first-order valence-corrected chi connectivity index (χ1v) is 13.3. The number of aryl methyl sites for hydroxylation is 1. The van der Waals surface area contributed by atoms with E-state index in [2.05, 4.69) is 0 Å². The summed E-state index contributed by atoms with van der Waals surface area (Å²) in [6, 6.07) is 12.3. The summed E-state index contributed by atoms with van der Waals surface area (Å²) in [4.78, 5) is 14.9. The van der Waals surface area contributed by atoms with Crippen LogP contribution < -0.4 is 4.90 Å². The number of sulfonamides is 1. The standard InChI is InChI=1S/C22H24N2O6S2/c1-17-2-6-19(7-3-17)24(20-10-15-31(26,27)16-20)22(25)18-4-8-21(9-5-18)32(28,29)23-11-13-30-14-12-23/h2-10,15,20H,11-14,16H2,1H3/t20-/m1/s1. The quantitative estimate of drug-likeness (QED) is 0.654. The highest BCUT2D eigenvalue weighted by molar-refractivity contribution is 7.94. The predicted molar refractivity (Wildman–Crippen MR) is 121 cm³/mol. The van der Waals surface area contributed by atoms with Crippen molar-refractivity contribution in [1.82, 2.24) is 4.31 Å². The lowest BCUT2D eigenvalue weighted by Crippen LogP contribution is -2.41. The van der Waals surface area contributed by atoms with Gasteiger partial charge in [0.15, 0.2) is 9.84 Å². The molecule has 0 saturated carbocycles. The fourth-order valence-corrected chi connectivity index (χ4v) is 6.41. The highest BCUT2D eigenvalue weighted by Crippen LogP contribution is 2.26. The Morgan fingerprint density at radius 3 is 2.22 bits per heavy atom. The van der Waals surface area contributed by atoms with Crippen LogP contribution in [0.15, 0.2) is 64.9 Å². The van der Waals surface area contributed by atoms with Gasteiger partial charge in [0.05, 0.1) is 29.9 Å². The summed E-state index contributed by atoms with van der Waals surface area (Å²) >= 11 is 0. The van der Waals surface area contributed by atoms with Gasteiger partial charge in [-0.3, -0.25) is 4.79 Å². The number of amides is 1. The van der Waals surface area contributed by atoms with Crippen molar-refractivity contribution >= 4 is 31.5 Å². The molecule has 0 aliphatic carbocycles. The summed E-state index contributed by atoms with van der Waals surface area (Å²) in [6.07, 6.45) is 1.50. The molecule has 10 heteroatoms. The van der Waals surface area contributed by atoms with Gasteiger partial charge in [-0.2, -0.15) is 4.31 Å². The predicted octanol–water partition coefficient (Wildman–Crippen LogP) is 1.97. The normalized spacial score (nSPS) is 20.8. The fraction of sp³-hybridized carbons (Fsp3) is 0.318. The van der Waals surface area contributed by atoms with Crippen LogP contribution in [0, 0.1) is 6.92 Å². The van der Waals surface area contributed by atoms with E-state index in [0.29, 0.717) is 18.9 Å². The number of hydrogen-bond donors (Lipinski definition) is 0. The number of carbonyl (C=O) groups is 1. The van der Waals surface area contributed by atoms with Crippen molar-refractivity contribution in [2.24, 2.45) is 0 Å². The van der Waals surface area contributed by atoms with Crippen LogP contribution in [0.25, 0.3) is 0 Å². The lowest BCUT2D eigenvalue weighted by molar-refractivity contribution is 0.0730. The second-order valence-electron chi connectivity index (χ2n) is 7.78. The molecule has 1 fully saturated rings. The maximum absolute atomic E-state index is 13.4. The van der Waals surface area contributed by atoms with E-state index in [-0.39, 0.29) is 29.3 Å². The second-order valence-corrected chi connectivity index (χ2v) is 11.6. The molecule has 2 aliphatic heterocycles. The zero-order valence-corrected chi connectivity index (χ0v) is 19.2. The highest BCUT2D eigenvalue weighted by Gasteiger charge is 2.32. The summed E-state index contributed by atoms with van der Waals surface area (Å²) in [7, 11) is -7.06. The molecule has 0 aromatic heterocycles. The summed E-state index contributed by atoms with van der Waals surface area (Å²) in [5.74, 6) is -0.605. The summed E-state index contributed by atoms with van der Waals surface area (Å²) in [6.45, 7) is 3.18. The smallest absolute Gasteiger partial charge is 0.258 e. The Balaban J connectivity index is 1.64. The van der Waals surface area contributed by atoms with Crippen molar-refractivity contribution in [2.75, 3.05) is 37.0 Å². The number of hydrogen-bond acceptors (Lipinski definition) is 6. The SMILES string of the molecule is Cc1ccc(N(C(=O)c2ccc(S(=O)(=O)N3CCOCC3)cc2)[C@@H]2C=CS(=O)(=O)C2)cc1. The molecule has 0 bridgehead atoms. The number of rotatable bonds is 5. The van der Waals surface area contributed by atoms with Gasteiger partial charge in [-0.25, -0.2) is 16.8 Å². The average molecular weight is 477 g/mol. The zero-order valence-electron chi connectivity index (χ0n) is 17.5. The first-order chi connectivity index (χ1) is 15.2. The van der Waals surface area contributed by atoms with E-state index in [9.17, 15) is 21.6 Å². The molecule has 1 saturated heterocycles. The topological polar surface area (TPSA) is 101 Å². The van der Waals surface area contributed by atoms with Crippen molar-refractivity contribution in [3.05, 3.63) is 71.1 Å². The molecule has 2 aromatic carbocycles. The van der Waals surface area contributed by atoms with Crippen LogP contribution in [0.1, 0.15) is 15.9 Å². The van der Waals surface area contributed by atoms with E-state index in [1.165, 1.54) is 39.5 Å². The molecular formula is C22H24N2O6S2. The Morgan fingerprint density at radius 2 is 1.66 bits per heavy atom. The van der Waals surface area contributed by atoms with Crippen LogP contribution in [-0.2, 0) is 24.6 Å². The van der Waals surface area contributed by atoms with Gasteiger partial charge in [0.25, 0.3) is 5.91 Å². The van der Waals surface area contributed by atoms with Crippen molar-refractivity contribution in [3.8, 4) is 0 Å². The van der Waals surface area contributed by atoms with Gasteiger partial charge in [-0.1, -0.05) is 17.7 Å². The van der Waals surface area contributed by atoms with Crippen LogP contribution in [0.5, 0.6) is 0 Å². The molecule has 170 valence electrons. The molecule has 2 heterocycles. The molecule has 1 amide bonds. The molecule has 2 aliphatic rings. The summed E-state index contributed by atoms with van der Waals surface area (Å²) < 4.78 is 56.2. The molecule has 0 unspecified atom stereocenters. The van der Waals surface area contributed by atoms with E-state index in [1.807, 2.05) is 19.1 Å². The van der Waals surface area contributed by atoms with Crippen molar-refractivity contribution in [2.45, 2.75) is 17.9 Å². The number of anilines is 1. The number of ether oxygens (including phenoxy) is 1. The lowest BCUT2D eigenvalue weighted by Gasteiger charge is -2.28. The Hall–Kier alpha value is -2.53. The van der Waals surface area contributed by atoms with Gasteiger partial charge >= 0.3 is 0 Å². The molecule has 32 heavy (non-hydrogen) atoms. The van der Waals surface area contributed by atoms with Gasteiger partial charge in [-0.05, 0) is 49.4 Å². The van der Waals surface area contributed by atoms with Crippen molar-refractivity contribution < 1.29 is 26.4 Å². The summed E-state index contributed by atoms with van der Waals surface area (Å²) in [5.41, 5.74) is 1.84. The van der Waals surface area contributed by atoms with Gasteiger partial charge in [0, 0.05) is 29.7 Å². The molecular weight excluding hydrogens is 452 g/mol. The molecule has 2 aromatic rings. The minimum atomic E-state index is -3.67. The van der Waals surface area contributed by atoms with Gasteiger partial charge in [-0.15, -0.1) is 0 Å². The maximum atomic E-state index is 13.4. The Kier molecular flexibility index (Phi) is 6.22. The number of nitrogens with zero attached hydrogens (tertiary/aromatic N) is 2. The first-order valence-electron chi connectivity index (χ1n) is 10.2. The first kappa shape index (κ1) is 22.7. The van der Waals surface area contributed by atoms with E-state index in [4.69, 9.17) is 4.74 Å². The fourth-order valence-electron chi connectivity index (χ4n) is 3.73. The Bertz CT molecular complexity index is 1230. The van der Waals surface area contributed by atoms with E-state index < -0.39 is 31.8 Å². The minimum absolute atomic E-state index is 0.0983. The number of morpholine rings is 1. The molecule has 0 N–H and O–H groups in total. The molecule has 4 rings (SSSR count). The van der Waals surface area contributed by atoms with Crippen LogP contribution in [0.4, 0.5) is 5.69 Å². The third kappa shape index (κ3) is 4.63. The van der Waals surface area contributed by atoms with E-state index in [0.717, 1.165) is 11.0 Å². The van der Waals surface area contributed by atoms with Gasteiger partial charge in [0.1, 0.15) is 0 Å². The average Bonchev–Trinajstić information content (AvgIpc) is 3.15. The Morgan fingerprint density at radius 1 is 1.03 bits per heavy atom. The van der Waals surface area contributed by atoms with Crippen LogP contribution in [0.3, 0.4) is 0 Å². The van der Waals surface area contributed by atoms with E-state index >= 15 is 0 Å². The highest BCUT2D eigenvalue weighted by atomic mass is 32.2. The number of sulfone groups is 1. The minimum Gasteiger partial charge on any atom is -0.379 e. The summed E-state index contributed by atoms with van der Waals surface area (Å²) in [5, 5.41) is 1.13. The Labute approximate surface area is 188 Å². The van der Waals surface area contributed by atoms with Crippen molar-refractivity contribution in [1.29, 1.82) is 0 Å². The maximum Gasteiger partial charge on any atom is 0.258 e. The van der Waals surface area contributed by atoms with Crippen molar-refractivity contribution in [3.63, 3.8) is 0 Å². The van der Waals surface area contributed by atoms with Crippen LogP contribution in [-0.4, -0.2) is 65.1 Å². The number of carbonyl (C=O) groups excluding carboxylic acids is 1. The zero-order chi connectivity index (χ0) is 22.9. The largest absolute Gasteiger partial charge is 0.379 e. The van der Waals surface area contributed by atoms with Crippen LogP contribution >= 0.6 is 0 Å².